The maximum atomic E-state index is 9.68. The zero-order chi connectivity index (χ0) is 15.4. The Hall–Kier alpha value is -1.22. The van der Waals surface area contributed by atoms with Crippen LogP contribution in [-0.4, -0.2) is 78.2 Å². The number of hydrogen-bond donors (Lipinski definition) is 2. The molecule has 2 heterocycles. The predicted octanol–water partition coefficient (Wildman–Crippen LogP) is -0.517. The van der Waals surface area contributed by atoms with E-state index in [0.717, 1.165) is 19.6 Å². The first-order valence-corrected chi connectivity index (χ1v) is 7.13. The third kappa shape index (κ3) is 4.37. The Morgan fingerprint density at radius 2 is 2.24 bits per heavy atom. The van der Waals surface area contributed by atoms with Gasteiger partial charge in [-0.1, -0.05) is 11.6 Å². The van der Waals surface area contributed by atoms with Gasteiger partial charge in [-0.05, 0) is 7.05 Å². The number of aromatic nitrogens is 3. The average molecular weight is 317 g/mol. The van der Waals surface area contributed by atoms with Crippen molar-refractivity contribution < 1.29 is 9.84 Å². The third-order valence-electron chi connectivity index (χ3n) is 3.35. The molecule has 0 amide bonds. The van der Waals surface area contributed by atoms with Gasteiger partial charge in [0.2, 0.25) is 5.95 Å². The molecule has 8 nitrogen and oxygen atoms in total. The Labute approximate surface area is 128 Å². The fourth-order valence-electron chi connectivity index (χ4n) is 2.42. The van der Waals surface area contributed by atoms with Crippen molar-refractivity contribution in [2.45, 2.75) is 6.10 Å². The quantitative estimate of drug-likeness (QED) is 0.693. The molecule has 3 N–H and O–H groups in total. The minimum atomic E-state index is -0.459. The van der Waals surface area contributed by atoms with Crippen molar-refractivity contribution in [1.82, 2.24) is 20.1 Å². The molecule has 0 aliphatic carbocycles. The number of anilines is 2. The lowest BCUT2D eigenvalue weighted by Crippen LogP contribution is -2.52. The molecule has 0 bridgehead atoms. The van der Waals surface area contributed by atoms with Crippen molar-refractivity contribution >= 4 is 23.4 Å². The van der Waals surface area contributed by atoms with E-state index in [2.05, 4.69) is 20.1 Å². The highest BCUT2D eigenvalue weighted by molar-refractivity contribution is 6.31. The monoisotopic (exact) mass is 316 g/mol. The van der Waals surface area contributed by atoms with E-state index in [1.807, 2.05) is 11.9 Å². The van der Waals surface area contributed by atoms with Gasteiger partial charge >= 0.3 is 0 Å². The molecule has 1 fully saturated rings. The SMILES string of the molecule is COC[C@@H](O)CN(C)CC1CN(c2nnc(Cl)c(N)n2)C1. The third-order valence-corrected chi connectivity index (χ3v) is 3.62. The summed E-state index contributed by atoms with van der Waals surface area (Å²) in [5.74, 6) is 1.21. The van der Waals surface area contributed by atoms with Crippen molar-refractivity contribution in [3.05, 3.63) is 5.15 Å². The van der Waals surface area contributed by atoms with E-state index in [0.29, 0.717) is 25.0 Å². The Morgan fingerprint density at radius 3 is 2.86 bits per heavy atom. The highest BCUT2D eigenvalue weighted by Crippen LogP contribution is 2.23. The van der Waals surface area contributed by atoms with Gasteiger partial charge in [0, 0.05) is 39.2 Å². The van der Waals surface area contributed by atoms with E-state index >= 15 is 0 Å². The number of ether oxygens (including phenoxy) is 1. The summed E-state index contributed by atoms with van der Waals surface area (Å²) < 4.78 is 4.91. The molecule has 2 rings (SSSR count). The Bertz CT molecular complexity index is 471. The molecule has 118 valence electrons. The number of nitrogens with two attached hydrogens (primary N) is 1. The molecule has 1 aromatic heterocycles. The second-order valence-electron chi connectivity index (χ2n) is 5.39. The number of nitrogen functional groups attached to an aromatic ring is 1. The largest absolute Gasteiger partial charge is 0.389 e. The number of methoxy groups -OCH3 is 1. The standard InChI is InChI=1S/C12H21ClN6O2/c1-18(6-9(20)7-21-2)3-8-4-19(5-8)12-15-11(14)10(13)16-17-12/h8-9,20H,3-7H2,1-2H3,(H2,14,15,17)/t9-/m0/s1. The molecule has 9 heteroatoms. The Balaban J connectivity index is 1.74. The number of halogens is 1. The normalized spacial score (nSPS) is 17.1. The first-order valence-electron chi connectivity index (χ1n) is 6.75. The number of nitrogens with zero attached hydrogens (tertiary/aromatic N) is 5. The smallest absolute Gasteiger partial charge is 0.247 e. The summed E-state index contributed by atoms with van der Waals surface area (Å²) in [6.45, 7) is 3.52. The van der Waals surface area contributed by atoms with Gasteiger partial charge in [-0.25, -0.2) is 0 Å². The molecule has 21 heavy (non-hydrogen) atoms. The van der Waals surface area contributed by atoms with Crippen LogP contribution in [0, 0.1) is 5.92 Å². The number of rotatable bonds is 7. The Morgan fingerprint density at radius 1 is 1.52 bits per heavy atom. The molecule has 1 atom stereocenters. The lowest BCUT2D eigenvalue weighted by molar-refractivity contribution is 0.0394. The summed E-state index contributed by atoms with van der Waals surface area (Å²) in [6.07, 6.45) is -0.459. The zero-order valence-electron chi connectivity index (χ0n) is 12.2. The summed E-state index contributed by atoms with van der Waals surface area (Å²) in [5, 5.41) is 17.5. The van der Waals surface area contributed by atoms with Crippen molar-refractivity contribution in [3.8, 4) is 0 Å². The maximum Gasteiger partial charge on any atom is 0.247 e. The van der Waals surface area contributed by atoms with E-state index < -0.39 is 6.10 Å². The number of aliphatic hydroxyl groups is 1. The Kier molecular flexibility index (Phi) is 5.51. The molecule has 0 saturated carbocycles. The molecule has 0 radical (unpaired) electrons. The van der Waals surface area contributed by atoms with Crippen LogP contribution >= 0.6 is 11.6 Å². The van der Waals surface area contributed by atoms with Crippen LogP contribution in [0.2, 0.25) is 5.15 Å². The molecule has 1 aliphatic rings. The van der Waals surface area contributed by atoms with Gasteiger partial charge < -0.3 is 25.4 Å². The van der Waals surface area contributed by atoms with Gasteiger partial charge in [-0.2, -0.15) is 4.98 Å². The van der Waals surface area contributed by atoms with Gasteiger partial charge in [0.1, 0.15) is 0 Å². The molecule has 0 spiro atoms. The molecule has 1 saturated heterocycles. The van der Waals surface area contributed by atoms with E-state index in [9.17, 15) is 5.11 Å². The first kappa shape index (κ1) is 16.2. The highest BCUT2D eigenvalue weighted by atomic mass is 35.5. The highest BCUT2D eigenvalue weighted by Gasteiger charge is 2.30. The molecule has 1 aliphatic heterocycles. The summed E-state index contributed by atoms with van der Waals surface area (Å²) in [6, 6.07) is 0. The summed E-state index contributed by atoms with van der Waals surface area (Å²) in [4.78, 5) is 8.21. The van der Waals surface area contributed by atoms with Crippen LogP contribution < -0.4 is 10.6 Å². The average Bonchev–Trinajstić information content (AvgIpc) is 2.37. The minimum Gasteiger partial charge on any atom is -0.389 e. The molecule has 1 aromatic rings. The van der Waals surface area contributed by atoms with E-state index in [1.165, 1.54) is 0 Å². The topological polar surface area (TPSA) is 101 Å². The molecule has 0 aromatic carbocycles. The van der Waals surface area contributed by atoms with Crippen LogP contribution in [0.5, 0.6) is 0 Å². The van der Waals surface area contributed by atoms with E-state index in [4.69, 9.17) is 22.1 Å². The van der Waals surface area contributed by atoms with Crippen LogP contribution in [-0.2, 0) is 4.74 Å². The van der Waals surface area contributed by atoms with Gasteiger partial charge in [-0.15, -0.1) is 10.2 Å². The maximum absolute atomic E-state index is 9.68. The molecule has 0 unspecified atom stereocenters. The summed E-state index contributed by atoms with van der Waals surface area (Å²) in [5.41, 5.74) is 5.62. The molecular formula is C12H21ClN6O2. The van der Waals surface area contributed by atoms with Gasteiger partial charge in [0.25, 0.3) is 0 Å². The lowest BCUT2D eigenvalue weighted by Gasteiger charge is -2.41. The van der Waals surface area contributed by atoms with Crippen molar-refractivity contribution in [1.29, 1.82) is 0 Å². The summed E-state index contributed by atoms with van der Waals surface area (Å²) in [7, 11) is 3.57. The fraction of sp³-hybridized carbons (Fsp3) is 0.750. The van der Waals surface area contributed by atoms with Crippen LogP contribution in [0.25, 0.3) is 0 Å². The predicted molar refractivity (Wildman–Crippen MR) is 80.3 cm³/mol. The van der Waals surface area contributed by atoms with Crippen LogP contribution in [0.3, 0.4) is 0 Å². The van der Waals surface area contributed by atoms with Gasteiger partial charge in [0.05, 0.1) is 12.7 Å². The fourth-order valence-corrected chi connectivity index (χ4v) is 2.50. The number of likely N-dealkylation sites (N-methyl/N-ethyl adjacent to an activating group) is 1. The lowest BCUT2D eigenvalue weighted by atomic mass is 10.00. The van der Waals surface area contributed by atoms with Crippen LogP contribution in [0.1, 0.15) is 0 Å². The minimum absolute atomic E-state index is 0.127. The van der Waals surface area contributed by atoms with Crippen molar-refractivity contribution in [2.24, 2.45) is 5.92 Å². The van der Waals surface area contributed by atoms with Gasteiger partial charge in [0.15, 0.2) is 11.0 Å². The van der Waals surface area contributed by atoms with E-state index in [-0.39, 0.29) is 11.0 Å². The number of aliphatic hydroxyl groups excluding tert-OH is 1. The summed E-state index contributed by atoms with van der Waals surface area (Å²) >= 11 is 5.70. The number of hydrogen-bond acceptors (Lipinski definition) is 8. The van der Waals surface area contributed by atoms with Gasteiger partial charge in [-0.3, -0.25) is 0 Å². The first-order chi connectivity index (χ1) is 9.99. The second-order valence-corrected chi connectivity index (χ2v) is 5.75. The van der Waals surface area contributed by atoms with Crippen molar-refractivity contribution in [2.75, 3.05) is 57.6 Å². The zero-order valence-corrected chi connectivity index (χ0v) is 13.0. The van der Waals surface area contributed by atoms with Crippen LogP contribution in [0.15, 0.2) is 0 Å². The van der Waals surface area contributed by atoms with Crippen LogP contribution in [0.4, 0.5) is 11.8 Å². The second kappa shape index (κ2) is 7.17. The van der Waals surface area contributed by atoms with E-state index in [1.54, 1.807) is 7.11 Å². The van der Waals surface area contributed by atoms with Crippen molar-refractivity contribution in [3.63, 3.8) is 0 Å². The molecular weight excluding hydrogens is 296 g/mol.